The highest BCUT2D eigenvalue weighted by Gasteiger charge is 2.08. The minimum absolute atomic E-state index is 0.464. The van der Waals surface area contributed by atoms with Gasteiger partial charge in [0.05, 0.1) is 5.69 Å². The Morgan fingerprint density at radius 1 is 1.29 bits per heavy atom. The van der Waals surface area contributed by atoms with Crippen LogP contribution in [0.15, 0.2) is 27.3 Å². The summed E-state index contributed by atoms with van der Waals surface area (Å²) in [7, 11) is 1.91. The highest BCUT2D eigenvalue weighted by Crippen LogP contribution is 2.28. The Labute approximate surface area is 113 Å². The molecule has 0 N–H and O–H groups in total. The zero-order chi connectivity index (χ0) is 12.4. The average molecular weight is 287 g/mol. The summed E-state index contributed by atoms with van der Waals surface area (Å²) in [5, 5.41) is 7.29. The molecule has 2 aromatic rings. The number of aryl methyl sites for hydroxylation is 2. The van der Waals surface area contributed by atoms with E-state index in [1.54, 1.807) is 6.07 Å². The average Bonchev–Trinajstić information content (AvgIpc) is 2.56. The van der Waals surface area contributed by atoms with E-state index in [1.165, 1.54) is 23.5 Å². The highest BCUT2D eigenvalue weighted by molar-refractivity contribution is 7.99. The molecular weight excluding hydrogens is 276 g/mol. The number of hydrogen-bond donors (Lipinski definition) is 0. The van der Waals surface area contributed by atoms with Gasteiger partial charge in [-0.05, 0) is 19.2 Å². The van der Waals surface area contributed by atoms with Gasteiger partial charge in [0.2, 0.25) is 0 Å². The Balaban J connectivity index is 2.29. The molecule has 4 nitrogen and oxygen atoms in total. The number of thioether (sulfide) groups is 1. The second-order valence-electron chi connectivity index (χ2n) is 3.37. The van der Waals surface area contributed by atoms with E-state index in [0.29, 0.717) is 10.3 Å². The smallest absolute Gasteiger partial charge is 0.189 e. The summed E-state index contributed by atoms with van der Waals surface area (Å²) in [6.45, 7) is 1.96. The molecule has 2 heterocycles. The third-order valence-corrected chi connectivity index (χ3v) is 3.75. The molecule has 0 saturated carbocycles. The molecular formula is C10H11ClN4S2. The van der Waals surface area contributed by atoms with Gasteiger partial charge in [0, 0.05) is 13.1 Å². The second-order valence-corrected chi connectivity index (χ2v) is 5.57. The SMILES string of the molecule is CSc1nc(Cl)cc(Sc2cc(C)nn2C)n1. The lowest BCUT2D eigenvalue weighted by Gasteiger charge is -2.03. The molecule has 2 rings (SSSR count). The molecule has 0 amide bonds. The molecule has 0 atom stereocenters. The number of nitrogens with zero attached hydrogens (tertiary/aromatic N) is 4. The van der Waals surface area contributed by atoms with Gasteiger partial charge in [-0.3, -0.25) is 4.68 Å². The van der Waals surface area contributed by atoms with Crippen molar-refractivity contribution in [1.29, 1.82) is 0 Å². The van der Waals surface area contributed by atoms with Crippen LogP contribution in [0.5, 0.6) is 0 Å². The fourth-order valence-corrected chi connectivity index (χ4v) is 2.96. The van der Waals surface area contributed by atoms with Gasteiger partial charge in [0.25, 0.3) is 0 Å². The van der Waals surface area contributed by atoms with Crippen LogP contribution in [-0.2, 0) is 7.05 Å². The van der Waals surface area contributed by atoms with Gasteiger partial charge in [-0.15, -0.1) is 0 Å². The topological polar surface area (TPSA) is 43.6 Å². The number of rotatable bonds is 3. The fraction of sp³-hybridized carbons (Fsp3) is 0.300. The summed E-state index contributed by atoms with van der Waals surface area (Å²) in [5.41, 5.74) is 0.986. The predicted molar refractivity (Wildman–Crippen MR) is 70.9 cm³/mol. The summed E-state index contributed by atoms with van der Waals surface area (Å²) in [6.07, 6.45) is 1.92. The Hall–Kier alpha value is -0.720. The highest BCUT2D eigenvalue weighted by atomic mass is 35.5. The van der Waals surface area contributed by atoms with Gasteiger partial charge in [0.15, 0.2) is 5.16 Å². The molecule has 0 radical (unpaired) electrons. The molecule has 0 bridgehead atoms. The predicted octanol–water partition coefficient (Wildman–Crippen LogP) is 3.05. The van der Waals surface area contributed by atoms with Crippen LogP contribution in [0.2, 0.25) is 5.15 Å². The van der Waals surface area contributed by atoms with Crippen LogP contribution in [0.4, 0.5) is 0 Å². The lowest BCUT2D eigenvalue weighted by atomic mass is 10.5. The van der Waals surface area contributed by atoms with Crippen molar-refractivity contribution < 1.29 is 0 Å². The molecule has 0 unspecified atom stereocenters. The van der Waals surface area contributed by atoms with E-state index in [1.807, 2.05) is 31.0 Å². The van der Waals surface area contributed by atoms with Crippen molar-refractivity contribution in [1.82, 2.24) is 19.7 Å². The Morgan fingerprint density at radius 3 is 2.65 bits per heavy atom. The van der Waals surface area contributed by atoms with E-state index in [2.05, 4.69) is 15.1 Å². The largest absolute Gasteiger partial charge is 0.261 e. The first-order chi connectivity index (χ1) is 8.08. The minimum atomic E-state index is 0.464. The first kappa shape index (κ1) is 12.7. The number of aromatic nitrogens is 4. The second kappa shape index (κ2) is 5.29. The molecule has 90 valence electrons. The molecule has 0 fully saturated rings. The Kier molecular flexibility index (Phi) is 3.96. The number of halogens is 1. The van der Waals surface area contributed by atoms with Crippen LogP contribution in [0, 0.1) is 6.92 Å². The zero-order valence-corrected chi connectivity index (χ0v) is 12.0. The summed E-state index contributed by atoms with van der Waals surface area (Å²) in [4.78, 5) is 8.49. The van der Waals surface area contributed by atoms with Crippen molar-refractivity contribution in [2.75, 3.05) is 6.26 Å². The van der Waals surface area contributed by atoms with E-state index < -0.39 is 0 Å². The maximum absolute atomic E-state index is 5.94. The quantitative estimate of drug-likeness (QED) is 0.493. The van der Waals surface area contributed by atoms with Crippen molar-refractivity contribution in [3.05, 3.63) is 23.0 Å². The minimum Gasteiger partial charge on any atom is -0.261 e. The molecule has 0 aromatic carbocycles. The molecule has 0 aliphatic heterocycles. The zero-order valence-electron chi connectivity index (χ0n) is 9.64. The van der Waals surface area contributed by atoms with Crippen molar-refractivity contribution >= 4 is 35.1 Å². The standard InChI is InChI=1S/C10H11ClN4S2/c1-6-4-9(15(2)14-6)17-8-5-7(11)12-10(13-8)16-3/h4-5H,1-3H3. The van der Waals surface area contributed by atoms with Crippen LogP contribution in [-0.4, -0.2) is 26.0 Å². The van der Waals surface area contributed by atoms with E-state index in [-0.39, 0.29) is 0 Å². The van der Waals surface area contributed by atoms with Crippen LogP contribution in [0.1, 0.15) is 5.69 Å². The maximum Gasteiger partial charge on any atom is 0.189 e. The van der Waals surface area contributed by atoms with Gasteiger partial charge in [-0.1, -0.05) is 35.1 Å². The van der Waals surface area contributed by atoms with Crippen LogP contribution in [0.3, 0.4) is 0 Å². The Morgan fingerprint density at radius 2 is 2.06 bits per heavy atom. The van der Waals surface area contributed by atoms with Gasteiger partial charge >= 0.3 is 0 Å². The van der Waals surface area contributed by atoms with E-state index in [0.717, 1.165) is 15.7 Å². The molecule has 17 heavy (non-hydrogen) atoms. The van der Waals surface area contributed by atoms with Crippen molar-refractivity contribution in [2.45, 2.75) is 22.1 Å². The van der Waals surface area contributed by atoms with E-state index in [9.17, 15) is 0 Å². The molecule has 0 spiro atoms. The van der Waals surface area contributed by atoms with E-state index >= 15 is 0 Å². The molecule has 2 aromatic heterocycles. The van der Waals surface area contributed by atoms with Gasteiger partial charge in [-0.2, -0.15) is 5.10 Å². The third kappa shape index (κ3) is 3.14. The van der Waals surface area contributed by atoms with Crippen molar-refractivity contribution in [2.24, 2.45) is 7.05 Å². The summed E-state index contributed by atoms with van der Waals surface area (Å²) >= 11 is 8.94. The first-order valence-electron chi connectivity index (χ1n) is 4.85. The van der Waals surface area contributed by atoms with Crippen LogP contribution in [0.25, 0.3) is 0 Å². The summed E-state index contributed by atoms with van der Waals surface area (Å²) in [6, 6.07) is 3.77. The fourth-order valence-electron chi connectivity index (χ4n) is 1.31. The van der Waals surface area contributed by atoms with Crippen molar-refractivity contribution in [3.63, 3.8) is 0 Å². The molecule has 7 heteroatoms. The van der Waals surface area contributed by atoms with Gasteiger partial charge in [0.1, 0.15) is 15.2 Å². The van der Waals surface area contributed by atoms with Crippen LogP contribution >= 0.6 is 35.1 Å². The summed E-state index contributed by atoms with van der Waals surface area (Å²) < 4.78 is 1.83. The lowest BCUT2D eigenvalue weighted by molar-refractivity contribution is 0.691. The third-order valence-electron chi connectivity index (χ3n) is 2.00. The van der Waals surface area contributed by atoms with E-state index in [4.69, 9.17) is 11.6 Å². The summed E-state index contributed by atoms with van der Waals surface area (Å²) in [5.74, 6) is 0. The first-order valence-corrected chi connectivity index (χ1v) is 7.27. The molecule has 0 aliphatic carbocycles. The normalized spacial score (nSPS) is 10.8. The van der Waals surface area contributed by atoms with Gasteiger partial charge < -0.3 is 0 Å². The lowest BCUT2D eigenvalue weighted by Crippen LogP contribution is -1.94. The maximum atomic E-state index is 5.94. The monoisotopic (exact) mass is 286 g/mol. The molecule has 0 aliphatic rings. The van der Waals surface area contributed by atoms with Gasteiger partial charge in [-0.25, -0.2) is 9.97 Å². The Bertz CT molecular complexity index is 541. The van der Waals surface area contributed by atoms with Crippen LogP contribution < -0.4 is 0 Å². The van der Waals surface area contributed by atoms with Crippen molar-refractivity contribution in [3.8, 4) is 0 Å². The number of hydrogen-bond acceptors (Lipinski definition) is 5. The molecule has 0 saturated heterocycles.